The van der Waals surface area contributed by atoms with E-state index in [1.54, 1.807) is 6.33 Å². The lowest BCUT2D eigenvalue weighted by molar-refractivity contribution is 0.0388. The van der Waals surface area contributed by atoms with Crippen molar-refractivity contribution >= 4 is 0 Å². The van der Waals surface area contributed by atoms with Gasteiger partial charge in [0.2, 0.25) is 0 Å². The Morgan fingerprint density at radius 2 is 2.12 bits per heavy atom. The van der Waals surface area contributed by atoms with E-state index in [9.17, 15) is 0 Å². The first-order chi connectivity index (χ1) is 12.6. The predicted molar refractivity (Wildman–Crippen MR) is 101 cm³/mol. The molecule has 2 saturated heterocycles. The fraction of sp³-hybridized carbons (Fsp3) is 0.600. The molecule has 140 valence electrons. The lowest BCUT2D eigenvalue weighted by Gasteiger charge is -2.31. The number of aromatic amines is 1. The van der Waals surface area contributed by atoms with Crippen LogP contribution in [0.1, 0.15) is 50.6 Å². The van der Waals surface area contributed by atoms with E-state index in [4.69, 9.17) is 4.74 Å². The summed E-state index contributed by atoms with van der Waals surface area (Å²) >= 11 is 0. The largest absolute Gasteiger partial charge is 0.366 e. The minimum atomic E-state index is 0.0684. The number of hydrogen-bond acceptors (Lipinski definition) is 5. The molecule has 0 bridgehead atoms. The average molecular weight is 355 g/mol. The van der Waals surface area contributed by atoms with Gasteiger partial charge in [0.05, 0.1) is 6.10 Å². The second-order valence-electron chi connectivity index (χ2n) is 8.18. The number of nitrogens with zero attached hydrogens (tertiary/aromatic N) is 3. The molecule has 0 spiro atoms. The molecular formula is C20H29N5O. The Kier molecular flexibility index (Phi) is 5.07. The van der Waals surface area contributed by atoms with Crippen LogP contribution in [0.4, 0.5) is 0 Å². The number of rotatable bonds is 6. The zero-order valence-electron chi connectivity index (χ0n) is 15.7. The molecule has 0 amide bonds. The van der Waals surface area contributed by atoms with Crippen molar-refractivity contribution in [1.29, 1.82) is 0 Å². The fourth-order valence-corrected chi connectivity index (χ4v) is 4.25. The fourth-order valence-electron chi connectivity index (χ4n) is 4.25. The summed E-state index contributed by atoms with van der Waals surface area (Å²) in [6, 6.07) is 11.3. The van der Waals surface area contributed by atoms with Crippen molar-refractivity contribution in [2.45, 2.75) is 63.4 Å². The van der Waals surface area contributed by atoms with Crippen molar-refractivity contribution in [3.63, 3.8) is 0 Å². The minimum Gasteiger partial charge on any atom is -0.366 e. The van der Waals surface area contributed by atoms with Crippen molar-refractivity contribution in [2.24, 2.45) is 0 Å². The van der Waals surface area contributed by atoms with Gasteiger partial charge in [-0.25, -0.2) is 4.98 Å². The second-order valence-corrected chi connectivity index (χ2v) is 8.18. The number of likely N-dealkylation sites (tertiary alicyclic amines) is 1. The van der Waals surface area contributed by atoms with Gasteiger partial charge in [-0.2, -0.15) is 5.10 Å². The first kappa shape index (κ1) is 17.6. The third-order valence-corrected chi connectivity index (χ3v) is 5.74. The van der Waals surface area contributed by atoms with E-state index in [0.29, 0.717) is 6.04 Å². The van der Waals surface area contributed by atoms with Crippen LogP contribution in [0.3, 0.4) is 0 Å². The molecule has 2 aliphatic rings. The summed E-state index contributed by atoms with van der Waals surface area (Å²) < 4.78 is 6.13. The number of benzene rings is 1. The molecule has 6 nitrogen and oxygen atoms in total. The molecule has 1 aromatic carbocycles. The predicted octanol–water partition coefficient (Wildman–Crippen LogP) is 2.67. The molecular weight excluding hydrogens is 326 g/mol. The number of aromatic nitrogens is 3. The van der Waals surface area contributed by atoms with Crippen molar-refractivity contribution in [1.82, 2.24) is 25.4 Å². The highest BCUT2D eigenvalue weighted by Crippen LogP contribution is 2.32. The molecule has 2 fully saturated rings. The highest BCUT2D eigenvalue weighted by molar-refractivity contribution is 5.15. The molecule has 26 heavy (non-hydrogen) atoms. The third-order valence-electron chi connectivity index (χ3n) is 5.74. The number of H-pyrrole nitrogens is 1. The zero-order valence-corrected chi connectivity index (χ0v) is 15.7. The van der Waals surface area contributed by atoms with Gasteiger partial charge < -0.3 is 10.1 Å². The first-order valence-electron chi connectivity index (χ1n) is 9.63. The van der Waals surface area contributed by atoms with Crippen molar-refractivity contribution in [2.75, 3.05) is 13.1 Å². The lowest BCUT2D eigenvalue weighted by Crippen LogP contribution is -2.38. The zero-order chi connectivity index (χ0) is 18.0. The van der Waals surface area contributed by atoms with Crippen LogP contribution in [-0.2, 0) is 11.3 Å². The SMILES string of the molecule is CC1(C)CC(NC[C@H]2CC[C@@H](c3ncn[nH]3)O2)CN1Cc1ccccc1. The van der Waals surface area contributed by atoms with Crippen LogP contribution >= 0.6 is 0 Å². The van der Waals surface area contributed by atoms with Crippen molar-refractivity contribution < 1.29 is 4.74 Å². The van der Waals surface area contributed by atoms with E-state index in [-0.39, 0.29) is 17.7 Å². The first-order valence-corrected chi connectivity index (χ1v) is 9.63. The summed E-state index contributed by atoms with van der Waals surface area (Å²) in [5, 5.41) is 10.6. The normalized spacial score (nSPS) is 28.6. The average Bonchev–Trinajstić information content (AvgIpc) is 3.35. The Morgan fingerprint density at radius 1 is 1.27 bits per heavy atom. The molecule has 2 aromatic rings. The van der Waals surface area contributed by atoms with E-state index < -0.39 is 0 Å². The summed E-state index contributed by atoms with van der Waals surface area (Å²) in [7, 11) is 0. The monoisotopic (exact) mass is 355 g/mol. The summed E-state index contributed by atoms with van der Waals surface area (Å²) in [6.45, 7) is 7.71. The van der Waals surface area contributed by atoms with Gasteiger partial charge in [0.25, 0.3) is 0 Å². The standard InChI is InChI=1S/C20H29N5O/c1-20(2)10-16(13-25(20)12-15-6-4-3-5-7-15)21-11-17-8-9-18(26-17)19-22-14-23-24-19/h3-7,14,16-18,21H,8-13H2,1-2H3,(H,22,23,24)/t16?,17-,18+/m1/s1. The van der Waals surface area contributed by atoms with Crippen LogP contribution in [0.15, 0.2) is 36.7 Å². The van der Waals surface area contributed by atoms with Crippen molar-refractivity contribution in [3.05, 3.63) is 48.0 Å². The lowest BCUT2D eigenvalue weighted by atomic mass is 9.99. The smallest absolute Gasteiger partial charge is 0.153 e. The van der Waals surface area contributed by atoms with E-state index in [2.05, 4.69) is 69.6 Å². The maximum atomic E-state index is 6.13. The van der Waals surface area contributed by atoms with Gasteiger partial charge in [0.15, 0.2) is 5.82 Å². The Labute approximate surface area is 155 Å². The van der Waals surface area contributed by atoms with Gasteiger partial charge >= 0.3 is 0 Å². The maximum Gasteiger partial charge on any atom is 0.153 e. The van der Waals surface area contributed by atoms with Gasteiger partial charge in [-0.3, -0.25) is 10.00 Å². The maximum absolute atomic E-state index is 6.13. The highest BCUT2D eigenvalue weighted by Gasteiger charge is 2.38. The minimum absolute atomic E-state index is 0.0684. The third kappa shape index (κ3) is 3.98. The van der Waals surface area contributed by atoms with E-state index in [1.807, 2.05) is 0 Å². The summed E-state index contributed by atoms with van der Waals surface area (Å²) in [4.78, 5) is 6.81. The Morgan fingerprint density at radius 3 is 2.88 bits per heavy atom. The second kappa shape index (κ2) is 7.47. The number of hydrogen-bond donors (Lipinski definition) is 2. The van der Waals surface area contributed by atoms with Crippen LogP contribution in [0.25, 0.3) is 0 Å². The summed E-state index contributed by atoms with van der Waals surface area (Å²) in [5.74, 6) is 0.850. The molecule has 3 heterocycles. The molecule has 0 saturated carbocycles. The summed E-state index contributed by atoms with van der Waals surface area (Å²) in [6.07, 6.45) is 5.12. The Balaban J connectivity index is 1.27. The molecule has 4 rings (SSSR count). The number of ether oxygens (including phenoxy) is 1. The molecule has 3 atom stereocenters. The molecule has 6 heteroatoms. The van der Waals surface area contributed by atoms with Crippen LogP contribution in [0.5, 0.6) is 0 Å². The molecule has 1 aromatic heterocycles. The summed E-state index contributed by atoms with van der Waals surface area (Å²) in [5.41, 5.74) is 1.60. The van der Waals surface area contributed by atoms with Gasteiger partial charge in [-0.05, 0) is 38.7 Å². The number of nitrogens with one attached hydrogen (secondary N) is 2. The van der Waals surface area contributed by atoms with Crippen LogP contribution in [0, 0.1) is 0 Å². The van der Waals surface area contributed by atoms with Crippen LogP contribution in [0.2, 0.25) is 0 Å². The van der Waals surface area contributed by atoms with Crippen molar-refractivity contribution in [3.8, 4) is 0 Å². The van der Waals surface area contributed by atoms with Gasteiger partial charge in [0, 0.05) is 31.2 Å². The van der Waals surface area contributed by atoms with E-state index in [1.165, 1.54) is 5.56 Å². The molecule has 0 aliphatic carbocycles. The van der Waals surface area contributed by atoms with Gasteiger partial charge in [-0.1, -0.05) is 30.3 Å². The van der Waals surface area contributed by atoms with Crippen LogP contribution < -0.4 is 5.32 Å². The van der Waals surface area contributed by atoms with E-state index in [0.717, 1.165) is 44.7 Å². The van der Waals surface area contributed by atoms with Gasteiger partial charge in [0.1, 0.15) is 12.4 Å². The topological polar surface area (TPSA) is 66.1 Å². The Bertz CT molecular complexity index is 687. The quantitative estimate of drug-likeness (QED) is 0.834. The Hall–Kier alpha value is -1.76. The molecule has 2 aliphatic heterocycles. The molecule has 1 unspecified atom stereocenters. The van der Waals surface area contributed by atoms with Gasteiger partial charge in [-0.15, -0.1) is 0 Å². The van der Waals surface area contributed by atoms with E-state index >= 15 is 0 Å². The molecule has 0 radical (unpaired) electrons. The molecule has 2 N–H and O–H groups in total. The van der Waals surface area contributed by atoms with Crippen LogP contribution in [-0.4, -0.2) is 50.9 Å². The highest BCUT2D eigenvalue weighted by atomic mass is 16.5.